The Balaban J connectivity index is -0.0000000400. The van der Waals surface area contributed by atoms with Crippen LogP contribution in [0.2, 0.25) is 0 Å². The second kappa shape index (κ2) is 45.4. The molecule has 0 radical (unpaired) electrons. The van der Waals surface area contributed by atoms with Crippen LogP contribution in [0, 0.1) is 43.9 Å². The van der Waals surface area contributed by atoms with E-state index in [1.807, 2.05) is 0 Å². The molecule has 0 saturated carbocycles. The molecule has 0 nitrogen and oxygen atoms in total. The topological polar surface area (TPSA) is 0 Å². The Kier molecular flexibility index (Phi) is 74.1. The molecule has 0 spiro atoms. The predicted molar refractivity (Wildman–Crippen MR) is 23.6 cm³/mol. The van der Waals surface area contributed by atoms with Crippen LogP contribution in [0.15, 0.2) is 0 Å². The molecule has 0 aromatic heterocycles. The monoisotopic (exact) mass is 328 g/mol. The van der Waals surface area contributed by atoms with E-state index in [1.165, 1.54) is 6.40 Å². The smallest absolute Gasteiger partial charge is 0.124 e. The summed E-state index contributed by atoms with van der Waals surface area (Å²) >= 11 is 3.48. The molecule has 32 valence electrons. The van der Waals surface area contributed by atoms with Gasteiger partial charge in [-0.25, -0.2) is 5.62 Å². The molecule has 0 fully saturated rings. The fourth-order valence-corrected chi connectivity index (χ4v) is 0. The van der Waals surface area contributed by atoms with Gasteiger partial charge in [-0.1, -0.05) is 0 Å². The minimum atomic E-state index is 0. The minimum absolute atomic E-state index is 0. The van der Waals surface area contributed by atoms with E-state index in [0.717, 1.165) is 5.62 Å². The van der Waals surface area contributed by atoms with Gasteiger partial charge in [0, 0.05) is 31.1 Å². The van der Waals surface area contributed by atoms with Gasteiger partial charge in [0.1, 0.15) is 1.37 Å². The van der Waals surface area contributed by atoms with Crippen molar-refractivity contribution < 1.29 is 36.9 Å². The summed E-state index contributed by atoms with van der Waals surface area (Å²) in [6.45, 7) is 0. The first-order chi connectivity index (χ1) is 2.83. The zero-order valence-electron chi connectivity index (χ0n) is 3.86. The number of hydrogen-bond acceptors (Lipinski definition) is 1. The summed E-state index contributed by atoms with van der Waals surface area (Å²) in [6.07, 6.45) is 5.76. The molecule has 3 heteroatoms. The van der Waals surface area contributed by atoms with Crippen molar-refractivity contribution in [2.75, 3.05) is 0 Å². The molecule has 6 heavy (non-hydrogen) atoms. The fourth-order valence-electron chi connectivity index (χ4n) is 0. The summed E-state index contributed by atoms with van der Waals surface area (Å²) in [7, 11) is 0. The maximum Gasteiger partial charge on any atom is 0.124 e. The molecule has 0 atom stereocenters. The molecule has 0 amide bonds. The number of rotatable bonds is 0. The van der Waals surface area contributed by atoms with Crippen LogP contribution >= 0.6 is 12.2 Å². The first-order valence-corrected chi connectivity index (χ1v) is 1.09. The summed E-state index contributed by atoms with van der Waals surface area (Å²) in [5.74, 6) is 0. The third-order valence-electron chi connectivity index (χ3n) is 0. The number of thiocarbonyl (C=S) groups is 1. The van der Waals surface area contributed by atoms with Crippen molar-refractivity contribution in [1.29, 1.82) is 0 Å². The van der Waals surface area contributed by atoms with Crippen LogP contribution in [0.4, 0.5) is 4.39 Å². The van der Waals surface area contributed by atoms with Crippen LogP contribution in [0.25, 0.3) is 0 Å². The second-order valence-electron chi connectivity index (χ2n) is 0.0772. The molecular formula is C3H2FSU-. The standard InChI is InChI=1S/C2H2.CFS.U/c1-2;2-1-3;/h1-2H;;/q;-1;/i1D;;. The summed E-state index contributed by atoms with van der Waals surface area (Å²) < 4.78 is 15.6. The number of terminal acetylenes is 1. The number of halogens is 1. The normalized spacial score (nSPS) is 3.67. The van der Waals surface area contributed by atoms with Crippen LogP contribution < -0.4 is 0 Å². The number of hydrogen-bond donors (Lipinski definition) is 0. The van der Waals surface area contributed by atoms with Crippen LogP contribution in [0.3, 0.4) is 0 Å². The molecule has 0 unspecified atom stereocenters. The molecule has 0 N–H and O–H groups in total. The quantitative estimate of drug-likeness (QED) is 0.277. The van der Waals surface area contributed by atoms with Crippen molar-refractivity contribution in [3.8, 4) is 12.8 Å². The van der Waals surface area contributed by atoms with E-state index in [2.05, 4.69) is 18.6 Å². The molecular weight excluding hydrogens is 325 g/mol. The molecule has 0 aromatic rings. The maximum atomic E-state index is 9.86. The van der Waals surface area contributed by atoms with Gasteiger partial charge in [-0.3, -0.25) is 0 Å². The van der Waals surface area contributed by atoms with Gasteiger partial charge >= 0.3 is 0 Å². The average molecular weight is 328 g/mol. The molecule has 0 aliphatic carbocycles. The molecule has 0 aliphatic heterocycles. The minimum Gasteiger partial charge on any atom is -0.446 e. The van der Waals surface area contributed by atoms with Gasteiger partial charge in [-0.15, -0.1) is 12.8 Å². The SMILES string of the molecule is F[C-]=S.[2H]C#C.[U]. The van der Waals surface area contributed by atoms with Crippen LogP contribution in [0.5, 0.6) is 0 Å². The van der Waals surface area contributed by atoms with Gasteiger partial charge in [0.05, 0.1) is 0 Å². The Morgan fingerprint density at radius 1 is 2.00 bits per heavy atom. The van der Waals surface area contributed by atoms with Crippen LogP contribution in [-0.2, 0) is 0 Å². The van der Waals surface area contributed by atoms with Crippen molar-refractivity contribution in [2.45, 2.75) is 0 Å². The summed E-state index contributed by atoms with van der Waals surface area (Å²) in [6, 6.07) is 0. The van der Waals surface area contributed by atoms with E-state index in [9.17, 15) is 4.39 Å². The van der Waals surface area contributed by atoms with Crippen molar-refractivity contribution in [2.24, 2.45) is 0 Å². The van der Waals surface area contributed by atoms with E-state index in [1.54, 1.807) is 0 Å². The largest absolute Gasteiger partial charge is 0.446 e. The van der Waals surface area contributed by atoms with E-state index in [0.29, 0.717) is 0 Å². The Hall–Kier alpha value is 0.632. The molecule has 0 saturated heterocycles. The van der Waals surface area contributed by atoms with E-state index < -0.39 is 0 Å². The fraction of sp³-hybridized carbons (Fsp3) is 0. The van der Waals surface area contributed by atoms with Gasteiger partial charge in [-0.05, 0) is 0 Å². The van der Waals surface area contributed by atoms with Gasteiger partial charge in [0.2, 0.25) is 0 Å². The van der Waals surface area contributed by atoms with Crippen molar-refractivity contribution >= 4 is 17.8 Å². The van der Waals surface area contributed by atoms with Gasteiger partial charge < -0.3 is 16.6 Å². The third-order valence-corrected chi connectivity index (χ3v) is 0. The molecule has 0 bridgehead atoms. The van der Waals surface area contributed by atoms with Gasteiger partial charge in [0.15, 0.2) is 0 Å². The Bertz CT molecular complexity index is 60.4. The van der Waals surface area contributed by atoms with Crippen molar-refractivity contribution in [3.63, 3.8) is 0 Å². The van der Waals surface area contributed by atoms with Crippen molar-refractivity contribution in [3.05, 3.63) is 0 Å². The van der Waals surface area contributed by atoms with Crippen LogP contribution in [0.1, 0.15) is 1.37 Å². The first-order valence-electron chi connectivity index (χ1n) is 1.18. The van der Waals surface area contributed by atoms with E-state index in [4.69, 9.17) is 1.37 Å². The Morgan fingerprint density at radius 2 is 2.00 bits per heavy atom. The predicted octanol–water partition coefficient (Wildman–Crippen LogP) is 1.04. The van der Waals surface area contributed by atoms with E-state index in [-0.39, 0.29) is 31.1 Å². The third kappa shape index (κ3) is 153. The average Bonchev–Trinajstić information content (AvgIpc) is 1.39. The maximum absolute atomic E-state index is 9.86. The zero-order chi connectivity index (χ0) is 5.41. The van der Waals surface area contributed by atoms with Gasteiger partial charge in [0.25, 0.3) is 0 Å². The van der Waals surface area contributed by atoms with Gasteiger partial charge in [-0.2, -0.15) is 0 Å². The zero-order valence-corrected chi connectivity index (χ0v) is 7.84. The molecule has 0 heterocycles. The first kappa shape index (κ1) is 9.80. The summed E-state index contributed by atoms with van der Waals surface area (Å²) in [4.78, 5) is 0. The molecule has 0 aliphatic rings. The molecule has 0 rings (SSSR count). The van der Waals surface area contributed by atoms with Crippen LogP contribution in [-0.4, -0.2) is 5.62 Å². The Morgan fingerprint density at radius 3 is 2.00 bits per heavy atom. The molecule has 0 aromatic carbocycles. The summed E-state index contributed by atoms with van der Waals surface area (Å²) in [5, 5.41) is 0. The van der Waals surface area contributed by atoms with E-state index >= 15 is 0 Å². The van der Waals surface area contributed by atoms with Crippen molar-refractivity contribution in [1.82, 2.24) is 0 Å². The second-order valence-corrected chi connectivity index (χ2v) is 0.231. The summed E-state index contributed by atoms with van der Waals surface area (Å²) in [5.41, 5.74) is 0.833. The Labute approximate surface area is 67.3 Å².